The van der Waals surface area contributed by atoms with E-state index in [9.17, 15) is 4.79 Å². The number of benzene rings is 1. The molecule has 23 heavy (non-hydrogen) atoms. The Morgan fingerprint density at radius 2 is 2.30 bits per heavy atom. The largest absolute Gasteiger partial charge is 0.383 e. The molecule has 6 heteroatoms. The van der Waals surface area contributed by atoms with Crippen molar-refractivity contribution in [1.29, 1.82) is 0 Å². The molecule has 0 radical (unpaired) electrons. The molecule has 2 rings (SSSR count). The Morgan fingerprint density at radius 1 is 1.52 bits per heavy atom. The third-order valence-electron chi connectivity index (χ3n) is 3.87. The first-order valence-corrected chi connectivity index (χ1v) is 8.02. The number of hydrogen-bond donors (Lipinski definition) is 2. The average molecular weight is 321 g/mol. The van der Waals surface area contributed by atoms with E-state index < -0.39 is 6.04 Å². The number of ether oxygens (including phenoxy) is 2. The van der Waals surface area contributed by atoms with E-state index in [1.54, 1.807) is 0 Å². The van der Waals surface area contributed by atoms with Crippen LogP contribution in [0.5, 0.6) is 0 Å². The van der Waals surface area contributed by atoms with E-state index >= 15 is 0 Å². The number of carbonyl (C=O) groups excluding carboxylic acids is 1. The van der Waals surface area contributed by atoms with E-state index in [0.717, 1.165) is 31.8 Å². The topological polar surface area (TPSA) is 76.8 Å². The number of nitrogens with zero attached hydrogens (tertiary/aromatic N) is 1. The smallest absolute Gasteiger partial charge is 0.239 e. The minimum atomic E-state index is -0.627. The minimum Gasteiger partial charge on any atom is -0.383 e. The normalized spacial score (nSPS) is 20.2. The van der Waals surface area contributed by atoms with E-state index in [-0.39, 0.29) is 18.6 Å². The van der Waals surface area contributed by atoms with E-state index in [0.29, 0.717) is 6.54 Å². The minimum absolute atomic E-state index is 0.195. The molecule has 0 bridgehead atoms. The van der Waals surface area contributed by atoms with Gasteiger partial charge in [-0.25, -0.2) is 0 Å². The predicted molar refractivity (Wildman–Crippen MR) is 88.8 cm³/mol. The molecule has 1 aliphatic rings. The second-order valence-electron chi connectivity index (χ2n) is 6.02. The maximum absolute atomic E-state index is 11.8. The van der Waals surface area contributed by atoms with Crippen molar-refractivity contribution < 1.29 is 14.3 Å². The highest BCUT2D eigenvalue weighted by molar-refractivity contribution is 5.81. The van der Waals surface area contributed by atoms with Crippen LogP contribution in [0, 0.1) is 0 Å². The lowest BCUT2D eigenvalue weighted by atomic mass is 10.1. The van der Waals surface area contributed by atoms with Crippen LogP contribution in [0.2, 0.25) is 0 Å². The van der Waals surface area contributed by atoms with Gasteiger partial charge in [-0.05, 0) is 18.1 Å². The summed E-state index contributed by atoms with van der Waals surface area (Å²) in [6, 6.07) is 7.64. The molecule has 0 aromatic heterocycles. The number of nitrogens with two attached hydrogens (primary N) is 1. The summed E-state index contributed by atoms with van der Waals surface area (Å²) in [5.74, 6) is -0.195. The highest BCUT2D eigenvalue weighted by Gasteiger charge is 2.17. The molecule has 0 saturated carbocycles. The number of methoxy groups -OCH3 is 1. The summed E-state index contributed by atoms with van der Waals surface area (Å²) in [5, 5.41) is 2.84. The average Bonchev–Trinajstić information content (AvgIpc) is 2.53. The number of morpholine rings is 1. The van der Waals surface area contributed by atoms with E-state index in [1.807, 2.05) is 12.1 Å². The molecule has 1 aromatic carbocycles. The van der Waals surface area contributed by atoms with Crippen molar-refractivity contribution in [3.05, 3.63) is 35.4 Å². The van der Waals surface area contributed by atoms with E-state index in [4.69, 9.17) is 15.2 Å². The Labute approximate surface area is 137 Å². The lowest BCUT2D eigenvalue weighted by Crippen LogP contribution is -2.43. The summed E-state index contributed by atoms with van der Waals surface area (Å²) in [6.07, 6.45) is 0.286. The molecule has 0 aliphatic carbocycles. The van der Waals surface area contributed by atoms with E-state index in [2.05, 4.69) is 29.3 Å². The number of rotatable bonds is 7. The Bertz CT molecular complexity index is 510. The van der Waals surface area contributed by atoms with Gasteiger partial charge >= 0.3 is 0 Å². The highest BCUT2D eigenvalue weighted by atomic mass is 16.5. The Kier molecular flexibility index (Phi) is 6.98. The van der Waals surface area contributed by atoms with Crippen molar-refractivity contribution in [1.82, 2.24) is 10.2 Å². The van der Waals surface area contributed by atoms with Gasteiger partial charge in [0.1, 0.15) is 6.04 Å². The summed E-state index contributed by atoms with van der Waals surface area (Å²) in [6.45, 7) is 6.39. The zero-order valence-electron chi connectivity index (χ0n) is 14.0. The number of amides is 1. The van der Waals surface area contributed by atoms with Crippen LogP contribution in [-0.4, -0.2) is 56.4 Å². The molecule has 2 atom stereocenters. The fourth-order valence-corrected chi connectivity index (χ4v) is 2.71. The van der Waals surface area contributed by atoms with Crippen molar-refractivity contribution >= 4 is 5.91 Å². The van der Waals surface area contributed by atoms with Gasteiger partial charge in [-0.3, -0.25) is 9.69 Å². The molecule has 128 valence electrons. The van der Waals surface area contributed by atoms with Gasteiger partial charge in [0, 0.05) is 33.3 Å². The summed E-state index contributed by atoms with van der Waals surface area (Å²) in [5.41, 5.74) is 8.02. The fourth-order valence-electron chi connectivity index (χ4n) is 2.71. The molecule has 1 fully saturated rings. The van der Waals surface area contributed by atoms with Gasteiger partial charge in [-0.15, -0.1) is 0 Å². The van der Waals surface area contributed by atoms with Crippen LogP contribution < -0.4 is 11.1 Å². The molecule has 0 spiro atoms. The van der Waals surface area contributed by atoms with Crippen LogP contribution in [0.4, 0.5) is 0 Å². The van der Waals surface area contributed by atoms with Crippen LogP contribution in [0.3, 0.4) is 0 Å². The van der Waals surface area contributed by atoms with Gasteiger partial charge in [0.05, 0.1) is 19.3 Å². The molecule has 1 aliphatic heterocycles. The Morgan fingerprint density at radius 3 is 3.04 bits per heavy atom. The molecule has 1 amide bonds. The number of carbonyl (C=O) groups is 1. The second-order valence-corrected chi connectivity index (χ2v) is 6.02. The van der Waals surface area contributed by atoms with Crippen molar-refractivity contribution in [2.45, 2.75) is 32.2 Å². The van der Waals surface area contributed by atoms with Gasteiger partial charge in [-0.1, -0.05) is 24.3 Å². The van der Waals surface area contributed by atoms with Gasteiger partial charge in [0.15, 0.2) is 0 Å². The lowest BCUT2D eigenvalue weighted by Gasteiger charge is -2.31. The van der Waals surface area contributed by atoms with Crippen molar-refractivity contribution in [3.63, 3.8) is 0 Å². The molecular weight excluding hydrogens is 294 g/mol. The molecule has 1 aromatic rings. The monoisotopic (exact) mass is 321 g/mol. The van der Waals surface area contributed by atoms with Crippen LogP contribution in [0.15, 0.2) is 24.3 Å². The van der Waals surface area contributed by atoms with Crippen LogP contribution in [0.25, 0.3) is 0 Å². The zero-order chi connectivity index (χ0) is 16.7. The van der Waals surface area contributed by atoms with Crippen molar-refractivity contribution in [2.75, 3.05) is 33.4 Å². The maximum atomic E-state index is 11.8. The molecule has 3 N–H and O–H groups in total. The van der Waals surface area contributed by atoms with Gasteiger partial charge in [0.2, 0.25) is 5.91 Å². The molecule has 1 saturated heterocycles. The second kappa shape index (κ2) is 8.98. The van der Waals surface area contributed by atoms with Crippen LogP contribution >= 0.6 is 0 Å². The Balaban J connectivity index is 1.85. The van der Waals surface area contributed by atoms with Crippen LogP contribution in [-0.2, 0) is 27.4 Å². The summed E-state index contributed by atoms with van der Waals surface area (Å²) < 4.78 is 10.5. The Hall–Kier alpha value is -1.47. The third kappa shape index (κ3) is 5.91. The quantitative estimate of drug-likeness (QED) is 0.765. The standard InChI is InChI=1S/C17H27N3O3/c1-13-10-20(6-7-23-13)11-15-5-3-4-14(8-15)9-19-17(21)16(18)12-22-2/h3-5,8,13,16H,6-7,9-12,18H2,1-2H3,(H,19,21). The zero-order valence-corrected chi connectivity index (χ0v) is 14.0. The molecule has 1 heterocycles. The molecule has 6 nitrogen and oxygen atoms in total. The number of nitrogens with one attached hydrogen (secondary N) is 1. The third-order valence-corrected chi connectivity index (χ3v) is 3.87. The van der Waals surface area contributed by atoms with Gasteiger partial charge in [0.25, 0.3) is 0 Å². The predicted octanol–water partition coefficient (Wildman–Crippen LogP) is 0.497. The van der Waals surface area contributed by atoms with Crippen molar-refractivity contribution in [2.24, 2.45) is 5.73 Å². The first-order chi connectivity index (χ1) is 11.1. The first kappa shape index (κ1) is 17.9. The fraction of sp³-hybridized carbons (Fsp3) is 0.588. The highest BCUT2D eigenvalue weighted by Crippen LogP contribution is 2.12. The summed E-state index contributed by atoms with van der Waals surface area (Å²) in [4.78, 5) is 14.2. The summed E-state index contributed by atoms with van der Waals surface area (Å²) >= 11 is 0. The first-order valence-electron chi connectivity index (χ1n) is 8.02. The van der Waals surface area contributed by atoms with Gasteiger partial charge in [-0.2, -0.15) is 0 Å². The maximum Gasteiger partial charge on any atom is 0.239 e. The van der Waals surface area contributed by atoms with E-state index in [1.165, 1.54) is 12.7 Å². The number of hydrogen-bond acceptors (Lipinski definition) is 5. The molecule has 2 unspecified atom stereocenters. The SMILES string of the molecule is COCC(N)C(=O)NCc1cccc(CN2CCOC(C)C2)c1. The van der Waals surface area contributed by atoms with Crippen molar-refractivity contribution in [3.8, 4) is 0 Å². The lowest BCUT2D eigenvalue weighted by molar-refractivity contribution is -0.123. The molecular formula is C17H27N3O3. The van der Waals surface area contributed by atoms with Gasteiger partial charge < -0.3 is 20.5 Å². The summed E-state index contributed by atoms with van der Waals surface area (Å²) in [7, 11) is 1.53. The van der Waals surface area contributed by atoms with Crippen LogP contribution in [0.1, 0.15) is 18.1 Å².